The van der Waals surface area contributed by atoms with Crippen LogP contribution in [0.1, 0.15) is 0 Å². The molecule has 0 atom stereocenters. The van der Waals surface area contributed by atoms with Crippen LogP contribution in [0.5, 0.6) is 0 Å². The lowest BCUT2D eigenvalue weighted by Crippen LogP contribution is -2.20. The second-order valence-corrected chi connectivity index (χ2v) is 1.62. The molecule has 0 aliphatic rings. The highest BCUT2D eigenvalue weighted by Crippen LogP contribution is 2.04. The molecule has 0 saturated heterocycles. The maximum absolute atomic E-state index is 8.88. The lowest BCUT2D eigenvalue weighted by molar-refractivity contribution is -0.313. The van der Waals surface area contributed by atoms with Gasteiger partial charge in [0.1, 0.15) is 0 Å². The van der Waals surface area contributed by atoms with Crippen LogP contribution < -0.4 is 15.3 Å². The number of hydrogen-bond acceptors (Lipinski definition) is 3. The number of rotatable bonds is 0. The summed E-state index contributed by atoms with van der Waals surface area (Å²) >= 11 is 0. The minimum absolute atomic E-state index is 0. The Morgan fingerprint density at radius 2 is 1.50 bits per heavy atom. The topological polar surface area (TPSA) is 89.2 Å². The van der Waals surface area contributed by atoms with Crippen LogP contribution in [0, 0.1) is 0 Å². The molecule has 0 amide bonds. The van der Waals surface area contributed by atoms with Crippen LogP contribution in [0.2, 0.25) is 0 Å². The Kier molecular flexibility index (Phi) is 4.10. The van der Waals surface area contributed by atoms with Gasteiger partial charge in [0, 0.05) is 0 Å². The minimum atomic E-state index is -4.64. The highest BCUT2D eigenvalue weighted by atomic mass is 35.5. The van der Waals surface area contributed by atoms with Crippen molar-refractivity contribution in [2.45, 2.75) is 0 Å². The van der Waals surface area contributed by atoms with Crippen molar-refractivity contribution in [3.63, 3.8) is 0 Å². The second kappa shape index (κ2) is 2.55. The molecule has 0 saturated carbocycles. The monoisotopic (exact) mass is 131 g/mol. The molecule has 0 rings (SSSR count). The maximum atomic E-state index is 8.88. The first kappa shape index (κ1) is 9.64. The summed E-state index contributed by atoms with van der Waals surface area (Å²) in [5.41, 5.74) is 3.80. The van der Waals surface area contributed by atoms with Gasteiger partial charge in [-0.3, -0.25) is 0 Å². The van der Waals surface area contributed by atoms with Gasteiger partial charge in [-0.05, 0) is 7.75 Å². The third kappa shape index (κ3) is 318. The first-order chi connectivity index (χ1) is 2.00. The van der Waals surface area contributed by atoms with Crippen molar-refractivity contribution in [1.29, 1.82) is 0 Å². The van der Waals surface area contributed by atoms with Crippen LogP contribution in [0.4, 0.5) is 0 Å². The fourth-order valence-corrected chi connectivity index (χ4v) is 0. The van der Waals surface area contributed by atoms with Gasteiger partial charge in [-0.2, -0.15) is 0 Å². The van der Waals surface area contributed by atoms with Crippen molar-refractivity contribution in [2.75, 3.05) is 0 Å². The zero-order chi connectivity index (χ0) is 4.50. The van der Waals surface area contributed by atoms with Gasteiger partial charge in [-0.25, -0.2) is 0 Å². The zero-order valence-corrected chi connectivity index (χ0v) is 4.37. The van der Waals surface area contributed by atoms with E-state index in [1.165, 1.54) is 0 Å². The second-order valence-electron chi connectivity index (χ2n) is 0.540. The first-order valence-electron chi connectivity index (χ1n) is 0.806. The van der Waals surface area contributed by atoms with Crippen LogP contribution in [-0.4, -0.2) is 0 Å². The van der Waals surface area contributed by atoms with Crippen molar-refractivity contribution in [2.24, 2.45) is 5.50 Å². The molecule has 6 heavy (non-hydrogen) atoms. The van der Waals surface area contributed by atoms with Crippen molar-refractivity contribution in [3.05, 3.63) is 0 Å². The molecule has 0 radical (unpaired) electrons. The molecule has 0 heterocycles. The summed E-state index contributed by atoms with van der Waals surface area (Å²) in [5.74, 6) is 0. The number of nitrogens with two attached hydrogens (primary N) is 1. The molecule has 0 fully saturated rings. The molecule has 4 nitrogen and oxygen atoms in total. The molecule has 6 heteroatoms. The van der Waals surface area contributed by atoms with Gasteiger partial charge in [0.15, 0.2) is 0 Å². The Morgan fingerprint density at radius 3 is 1.50 bits per heavy atom. The smallest absolute Gasteiger partial charge is 0.00536 e. The average Bonchev–Trinajstić information content (AvgIpc) is 0.722. The fraction of sp³-hybridized carbons (Fsp3) is 0. The van der Waals surface area contributed by atoms with Crippen molar-refractivity contribution in [1.82, 2.24) is 0 Å². The first-order valence-corrected chi connectivity index (χ1v) is 2.42. The predicted molar refractivity (Wildman–Crippen MR) is 19.0 cm³/mol. The van der Waals surface area contributed by atoms with Crippen molar-refractivity contribution in [3.8, 4) is 0 Å². The third-order valence-electron chi connectivity index (χ3n) is 0. The summed E-state index contributed by atoms with van der Waals surface area (Å²) in [7, 11) is -4.64. The van der Waals surface area contributed by atoms with Gasteiger partial charge >= 0.3 is 0 Å². The molecule has 0 aliphatic carbocycles. The van der Waals surface area contributed by atoms with E-state index in [4.69, 9.17) is 14.4 Å². The van der Waals surface area contributed by atoms with Crippen LogP contribution in [0.15, 0.2) is 0 Å². The van der Waals surface area contributed by atoms with Crippen LogP contribution >= 0.6 is 20.2 Å². The van der Waals surface area contributed by atoms with E-state index >= 15 is 0 Å². The largest absolute Gasteiger partial charge is 0.799 e. The van der Waals surface area contributed by atoms with Crippen molar-refractivity contribution < 1.29 is 14.4 Å². The van der Waals surface area contributed by atoms with Gasteiger partial charge in [0.2, 0.25) is 0 Å². The number of halogens is 1. The van der Waals surface area contributed by atoms with Gasteiger partial charge in [0.05, 0.1) is 0 Å². The summed E-state index contributed by atoms with van der Waals surface area (Å²) in [6.07, 6.45) is 0. The Bertz CT molecular complexity index is 56.9. The van der Waals surface area contributed by atoms with Gasteiger partial charge in [0.25, 0.3) is 0 Å². The van der Waals surface area contributed by atoms with E-state index in [9.17, 15) is 0 Å². The van der Waals surface area contributed by atoms with E-state index < -0.39 is 7.75 Å². The summed E-state index contributed by atoms with van der Waals surface area (Å²) < 4.78 is 8.88. The SMILES string of the molecule is Cl.NP(=O)([O-])[O-]. The fourth-order valence-electron chi connectivity index (χ4n) is 0. The average molecular weight is 131 g/mol. The highest BCUT2D eigenvalue weighted by molar-refractivity contribution is 7.45. The van der Waals surface area contributed by atoms with Gasteiger partial charge in [-0.1, -0.05) is 0 Å². The molecule has 0 spiro atoms. The molecule has 2 N–H and O–H groups in total. The molecule has 0 bridgehead atoms. The van der Waals surface area contributed by atoms with E-state index in [0.717, 1.165) is 0 Å². The molecular formula is H3ClNO3P-2. The van der Waals surface area contributed by atoms with Crippen LogP contribution in [-0.2, 0) is 4.57 Å². The Balaban J connectivity index is 0. The van der Waals surface area contributed by atoms with E-state index in [2.05, 4.69) is 5.50 Å². The molecule has 0 aliphatic heterocycles. The number of hydrogen-bond donors (Lipinski definition) is 1. The predicted octanol–water partition coefficient (Wildman–Crippen LogP) is -1.80. The standard InChI is InChI=1S/ClH.H4NO3P/c;1-5(2,3)4/h1H;(H4,1,2,3,4)/p-2. The Labute approximate surface area is 41.0 Å². The quantitative estimate of drug-likeness (QED) is 0.393. The third-order valence-corrected chi connectivity index (χ3v) is 0. The normalized spacial score (nSPS) is 9.83. The molecular weight excluding hydrogens is 128 g/mol. The van der Waals surface area contributed by atoms with Crippen LogP contribution in [0.25, 0.3) is 0 Å². The Hall–Kier alpha value is 0.400. The van der Waals surface area contributed by atoms with E-state index in [1.807, 2.05) is 0 Å². The van der Waals surface area contributed by atoms with E-state index in [0.29, 0.717) is 0 Å². The molecule has 0 aromatic heterocycles. The maximum Gasteiger partial charge on any atom is -0.00536 e. The molecule has 0 aromatic carbocycles. The van der Waals surface area contributed by atoms with Crippen LogP contribution in [0.3, 0.4) is 0 Å². The Morgan fingerprint density at radius 1 is 1.50 bits per heavy atom. The summed E-state index contributed by atoms with van der Waals surface area (Å²) in [6.45, 7) is 0. The molecule has 0 aromatic rings. The summed E-state index contributed by atoms with van der Waals surface area (Å²) in [4.78, 5) is 17.8. The lowest BCUT2D eigenvalue weighted by atomic mass is 13.9. The summed E-state index contributed by atoms with van der Waals surface area (Å²) in [6, 6.07) is 0. The van der Waals surface area contributed by atoms with Crippen molar-refractivity contribution >= 4 is 20.2 Å². The highest BCUT2D eigenvalue weighted by Gasteiger charge is 1.61. The molecule has 40 valence electrons. The lowest BCUT2D eigenvalue weighted by Gasteiger charge is -2.21. The van der Waals surface area contributed by atoms with Gasteiger partial charge < -0.3 is 19.9 Å². The zero-order valence-electron chi connectivity index (χ0n) is 2.66. The van der Waals surface area contributed by atoms with E-state index in [1.54, 1.807) is 0 Å². The summed E-state index contributed by atoms with van der Waals surface area (Å²) in [5, 5.41) is 0. The van der Waals surface area contributed by atoms with Gasteiger partial charge in [-0.15, -0.1) is 12.4 Å². The minimum Gasteiger partial charge on any atom is -0.799 e. The van der Waals surface area contributed by atoms with E-state index in [-0.39, 0.29) is 12.4 Å². The molecule has 0 unspecified atom stereocenters.